The normalized spacial score (nSPS) is 18.0. The number of hydrogen-bond acceptors (Lipinski definition) is 3. The van der Waals surface area contributed by atoms with Crippen LogP contribution >= 0.6 is 15.9 Å². The largest absolute Gasteiger partial charge is 0.334 e. The van der Waals surface area contributed by atoms with Gasteiger partial charge in [0.25, 0.3) is 5.91 Å². The third-order valence-electron chi connectivity index (χ3n) is 3.92. The number of carbonyl (C=O) groups excluding carboxylic acids is 1. The van der Waals surface area contributed by atoms with Crippen molar-refractivity contribution < 1.29 is 13.2 Å². The summed E-state index contributed by atoms with van der Waals surface area (Å²) in [6.07, 6.45) is 1.90. The fourth-order valence-electron chi connectivity index (χ4n) is 2.71. The summed E-state index contributed by atoms with van der Waals surface area (Å²) in [5, 5.41) is 5.22. The lowest BCUT2D eigenvalue weighted by Gasteiger charge is -2.32. The molecule has 1 aromatic carbocycles. The van der Waals surface area contributed by atoms with E-state index in [9.17, 15) is 13.2 Å². The van der Waals surface area contributed by atoms with E-state index in [2.05, 4.69) is 15.9 Å². The predicted molar refractivity (Wildman–Crippen MR) is 84.6 cm³/mol. The molecule has 0 unspecified atom stereocenters. The minimum atomic E-state index is -3.88. The van der Waals surface area contributed by atoms with Crippen LogP contribution in [0.5, 0.6) is 0 Å². The molecule has 1 aliphatic rings. The van der Waals surface area contributed by atoms with Gasteiger partial charge in [-0.15, -0.1) is 0 Å². The van der Waals surface area contributed by atoms with Crippen LogP contribution in [0.15, 0.2) is 21.5 Å². The zero-order valence-electron chi connectivity index (χ0n) is 12.3. The highest BCUT2D eigenvalue weighted by Crippen LogP contribution is 2.32. The van der Waals surface area contributed by atoms with Gasteiger partial charge >= 0.3 is 0 Å². The fourth-order valence-corrected chi connectivity index (χ4v) is 4.32. The molecule has 116 valence electrons. The number of sulfonamides is 1. The van der Waals surface area contributed by atoms with E-state index in [0.29, 0.717) is 22.1 Å². The smallest absolute Gasteiger partial charge is 0.254 e. The molecule has 1 aromatic rings. The van der Waals surface area contributed by atoms with Crippen molar-refractivity contribution in [2.75, 3.05) is 6.54 Å². The standard InChI is InChI=1S/C14H19BrN2O3S/c1-9-7-10(8-11(12(9)15)21(16,19)20)13(18)17-6-4-5-14(17,2)3/h7-8H,4-6H2,1-3H3,(H2,16,19,20). The average Bonchev–Trinajstić information content (AvgIpc) is 2.69. The average molecular weight is 375 g/mol. The van der Waals surface area contributed by atoms with Crippen LogP contribution in [0, 0.1) is 6.92 Å². The van der Waals surface area contributed by atoms with Crippen LogP contribution < -0.4 is 5.14 Å². The summed E-state index contributed by atoms with van der Waals surface area (Å²) in [4.78, 5) is 14.4. The van der Waals surface area contributed by atoms with Crippen LogP contribution in [0.2, 0.25) is 0 Å². The maximum atomic E-state index is 12.7. The molecule has 0 atom stereocenters. The number of primary sulfonamides is 1. The van der Waals surface area contributed by atoms with E-state index in [1.54, 1.807) is 17.9 Å². The highest BCUT2D eigenvalue weighted by molar-refractivity contribution is 9.10. The first-order valence-corrected chi connectivity index (χ1v) is 9.03. The predicted octanol–water partition coefficient (Wildman–Crippen LogP) is 2.42. The van der Waals surface area contributed by atoms with Gasteiger partial charge < -0.3 is 4.90 Å². The summed E-state index contributed by atoms with van der Waals surface area (Å²) in [5.74, 6) is -0.155. The summed E-state index contributed by atoms with van der Waals surface area (Å²) in [5.41, 5.74) is 0.816. The number of nitrogens with zero attached hydrogens (tertiary/aromatic N) is 1. The second-order valence-corrected chi connectivity index (χ2v) is 8.35. The topological polar surface area (TPSA) is 80.5 Å². The number of amides is 1. The zero-order chi connectivity index (χ0) is 16.0. The van der Waals surface area contributed by atoms with Crippen LogP contribution in [0.25, 0.3) is 0 Å². The molecule has 1 aliphatic heterocycles. The second kappa shape index (κ2) is 5.37. The molecule has 0 aromatic heterocycles. The minimum absolute atomic E-state index is 0.0529. The number of halogens is 1. The van der Waals surface area contributed by atoms with Crippen molar-refractivity contribution in [2.45, 2.75) is 44.0 Å². The Kier molecular flexibility index (Phi) is 4.21. The van der Waals surface area contributed by atoms with Gasteiger partial charge in [-0.3, -0.25) is 4.79 Å². The van der Waals surface area contributed by atoms with Crippen LogP contribution in [-0.4, -0.2) is 31.3 Å². The van der Waals surface area contributed by atoms with Gasteiger partial charge in [0, 0.05) is 22.1 Å². The molecule has 1 heterocycles. The van der Waals surface area contributed by atoms with E-state index in [-0.39, 0.29) is 16.3 Å². The Balaban J connectivity index is 2.51. The molecule has 0 bridgehead atoms. The van der Waals surface area contributed by atoms with Crippen LogP contribution in [-0.2, 0) is 10.0 Å². The Morgan fingerprint density at radius 1 is 1.38 bits per heavy atom. The molecule has 0 aliphatic carbocycles. The number of rotatable bonds is 2. The molecule has 5 nitrogen and oxygen atoms in total. The Morgan fingerprint density at radius 3 is 2.48 bits per heavy atom. The molecule has 0 saturated carbocycles. The molecular formula is C14H19BrN2O3S. The summed E-state index contributed by atoms with van der Waals surface area (Å²) in [6, 6.07) is 3.04. The van der Waals surface area contributed by atoms with Crippen molar-refractivity contribution in [1.29, 1.82) is 0 Å². The van der Waals surface area contributed by atoms with E-state index < -0.39 is 10.0 Å². The van der Waals surface area contributed by atoms with Crippen molar-refractivity contribution in [3.63, 3.8) is 0 Å². The Labute approximate surface area is 133 Å². The van der Waals surface area contributed by atoms with E-state index >= 15 is 0 Å². The molecule has 7 heteroatoms. The van der Waals surface area contributed by atoms with Crippen molar-refractivity contribution in [1.82, 2.24) is 4.90 Å². The molecule has 0 spiro atoms. The highest BCUT2D eigenvalue weighted by Gasteiger charge is 2.36. The number of likely N-dealkylation sites (tertiary alicyclic amines) is 1. The Morgan fingerprint density at radius 2 is 2.00 bits per heavy atom. The second-order valence-electron chi connectivity index (χ2n) is 6.02. The monoisotopic (exact) mass is 374 g/mol. The lowest BCUT2D eigenvalue weighted by molar-refractivity contribution is 0.0651. The van der Waals surface area contributed by atoms with Gasteiger partial charge in [0.1, 0.15) is 0 Å². The molecular weight excluding hydrogens is 356 g/mol. The number of hydrogen-bond donors (Lipinski definition) is 1. The van der Waals surface area contributed by atoms with Gasteiger partial charge in [-0.25, -0.2) is 13.6 Å². The van der Waals surface area contributed by atoms with Crippen LogP contribution in [0.1, 0.15) is 42.6 Å². The van der Waals surface area contributed by atoms with Crippen molar-refractivity contribution >= 4 is 31.9 Å². The molecule has 1 saturated heterocycles. The van der Waals surface area contributed by atoms with E-state index in [1.165, 1.54) is 6.07 Å². The summed E-state index contributed by atoms with van der Waals surface area (Å²) in [6.45, 7) is 6.46. The maximum Gasteiger partial charge on any atom is 0.254 e. The van der Waals surface area contributed by atoms with Crippen LogP contribution in [0.3, 0.4) is 0 Å². The Bertz CT molecular complexity index is 698. The highest BCUT2D eigenvalue weighted by atomic mass is 79.9. The van der Waals surface area contributed by atoms with Crippen molar-refractivity contribution in [3.8, 4) is 0 Å². The van der Waals surface area contributed by atoms with Crippen LogP contribution in [0.4, 0.5) is 0 Å². The quantitative estimate of drug-likeness (QED) is 0.862. The third-order valence-corrected chi connectivity index (χ3v) is 6.17. The zero-order valence-corrected chi connectivity index (χ0v) is 14.7. The molecule has 2 N–H and O–H groups in total. The van der Waals surface area contributed by atoms with Gasteiger partial charge in [-0.1, -0.05) is 0 Å². The lowest BCUT2D eigenvalue weighted by Crippen LogP contribution is -2.42. The number of aryl methyl sites for hydroxylation is 1. The molecule has 2 rings (SSSR count). The summed E-state index contributed by atoms with van der Waals surface area (Å²) < 4.78 is 23.7. The molecule has 21 heavy (non-hydrogen) atoms. The van der Waals surface area contributed by atoms with Gasteiger partial charge in [0.15, 0.2) is 0 Å². The van der Waals surface area contributed by atoms with Crippen molar-refractivity contribution in [3.05, 3.63) is 27.7 Å². The third kappa shape index (κ3) is 3.14. The van der Waals surface area contributed by atoms with E-state index in [4.69, 9.17) is 5.14 Å². The Hall–Kier alpha value is -0.920. The number of nitrogens with two attached hydrogens (primary N) is 1. The summed E-state index contributed by atoms with van der Waals surface area (Å²) >= 11 is 3.22. The first-order valence-electron chi connectivity index (χ1n) is 6.69. The first-order chi connectivity index (χ1) is 9.54. The first kappa shape index (κ1) is 16.5. The maximum absolute atomic E-state index is 12.7. The fraction of sp³-hybridized carbons (Fsp3) is 0.500. The summed E-state index contributed by atoms with van der Waals surface area (Å²) in [7, 11) is -3.88. The van der Waals surface area contributed by atoms with Gasteiger partial charge in [0.2, 0.25) is 10.0 Å². The van der Waals surface area contributed by atoms with Gasteiger partial charge in [-0.05, 0) is 67.2 Å². The van der Waals surface area contributed by atoms with E-state index in [1.807, 2.05) is 13.8 Å². The molecule has 0 radical (unpaired) electrons. The molecule has 1 fully saturated rings. The van der Waals surface area contributed by atoms with Crippen molar-refractivity contribution in [2.24, 2.45) is 5.14 Å². The lowest BCUT2D eigenvalue weighted by atomic mass is 10.0. The SMILES string of the molecule is Cc1cc(C(=O)N2CCCC2(C)C)cc(S(N)(=O)=O)c1Br. The van der Waals surface area contributed by atoms with Gasteiger partial charge in [0.05, 0.1) is 4.90 Å². The molecule has 1 amide bonds. The van der Waals surface area contributed by atoms with Gasteiger partial charge in [-0.2, -0.15) is 0 Å². The number of benzene rings is 1. The minimum Gasteiger partial charge on any atom is -0.334 e. The van der Waals surface area contributed by atoms with E-state index in [0.717, 1.165) is 12.8 Å². The number of carbonyl (C=O) groups is 1.